The average molecular weight is 444 g/mol. The van der Waals surface area contributed by atoms with Crippen molar-refractivity contribution in [1.29, 1.82) is 0 Å². The Hall–Kier alpha value is -3.38. The molecule has 33 heavy (non-hydrogen) atoms. The molecular formula is C27H29N3O3. The van der Waals surface area contributed by atoms with Crippen molar-refractivity contribution in [3.05, 3.63) is 95.9 Å². The Morgan fingerprint density at radius 3 is 2.09 bits per heavy atom. The minimum absolute atomic E-state index is 0.0246. The summed E-state index contributed by atoms with van der Waals surface area (Å²) in [5, 5.41) is 0. The second-order valence-electron chi connectivity index (χ2n) is 8.84. The van der Waals surface area contributed by atoms with Crippen LogP contribution in [0.25, 0.3) is 0 Å². The second-order valence-corrected chi connectivity index (χ2v) is 8.84. The molecule has 0 radical (unpaired) electrons. The zero-order valence-electron chi connectivity index (χ0n) is 18.7. The number of hydrogen-bond donors (Lipinski definition) is 0. The van der Waals surface area contributed by atoms with Crippen LogP contribution >= 0.6 is 0 Å². The van der Waals surface area contributed by atoms with E-state index in [1.165, 1.54) is 11.1 Å². The first kappa shape index (κ1) is 21.5. The number of amides is 2. The van der Waals surface area contributed by atoms with Gasteiger partial charge in [-0.2, -0.15) is 0 Å². The lowest BCUT2D eigenvalue weighted by Gasteiger charge is -2.40. The molecule has 6 nitrogen and oxygen atoms in total. The molecule has 0 N–H and O–H groups in total. The van der Waals surface area contributed by atoms with Crippen LogP contribution in [0.1, 0.15) is 29.3 Å². The summed E-state index contributed by atoms with van der Waals surface area (Å²) >= 11 is 0. The molecule has 5 rings (SSSR count). The molecule has 0 bridgehead atoms. The fourth-order valence-electron chi connectivity index (χ4n) is 5.02. The van der Waals surface area contributed by atoms with Crippen molar-refractivity contribution in [3.63, 3.8) is 0 Å². The fourth-order valence-corrected chi connectivity index (χ4v) is 5.02. The van der Waals surface area contributed by atoms with Crippen molar-refractivity contribution < 1.29 is 14.0 Å². The number of hydrogen-bond acceptors (Lipinski definition) is 4. The van der Waals surface area contributed by atoms with Gasteiger partial charge in [0.1, 0.15) is 5.76 Å². The first-order chi connectivity index (χ1) is 16.2. The van der Waals surface area contributed by atoms with Crippen LogP contribution in [-0.2, 0) is 16.1 Å². The summed E-state index contributed by atoms with van der Waals surface area (Å²) in [5.74, 6) is 0.605. The van der Waals surface area contributed by atoms with Crippen LogP contribution < -0.4 is 0 Å². The number of piperazine rings is 1. The number of carbonyl (C=O) groups excluding carboxylic acids is 2. The third-order valence-electron chi connectivity index (χ3n) is 6.71. The molecule has 0 saturated carbocycles. The van der Waals surface area contributed by atoms with E-state index in [-0.39, 0.29) is 30.2 Å². The number of carbonyl (C=O) groups is 2. The van der Waals surface area contributed by atoms with E-state index in [0.717, 1.165) is 18.8 Å². The summed E-state index contributed by atoms with van der Waals surface area (Å²) in [5.41, 5.74) is 2.52. The van der Waals surface area contributed by atoms with Crippen LogP contribution in [0.5, 0.6) is 0 Å². The van der Waals surface area contributed by atoms with Gasteiger partial charge in [0, 0.05) is 39.1 Å². The summed E-state index contributed by atoms with van der Waals surface area (Å²) < 4.78 is 5.37. The highest BCUT2D eigenvalue weighted by Crippen LogP contribution is 2.30. The average Bonchev–Trinajstić information content (AvgIpc) is 3.51. The van der Waals surface area contributed by atoms with Gasteiger partial charge in [0.2, 0.25) is 11.8 Å². The maximum atomic E-state index is 13.2. The van der Waals surface area contributed by atoms with E-state index in [4.69, 9.17) is 4.42 Å². The van der Waals surface area contributed by atoms with Crippen molar-refractivity contribution in [2.24, 2.45) is 5.92 Å². The Morgan fingerprint density at radius 1 is 0.879 bits per heavy atom. The Bertz CT molecular complexity index is 1020. The molecule has 2 fully saturated rings. The Labute approximate surface area is 194 Å². The molecule has 6 heteroatoms. The highest BCUT2D eigenvalue weighted by Gasteiger charge is 2.38. The number of benzene rings is 2. The lowest BCUT2D eigenvalue weighted by atomic mass is 9.96. The van der Waals surface area contributed by atoms with Gasteiger partial charge < -0.3 is 14.2 Å². The van der Waals surface area contributed by atoms with Crippen LogP contribution in [0, 0.1) is 5.92 Å². The van der Waals surface area contributed by atoms with E-state index < -0.39 is 0 Å². The lowest BCUT2D eigenvalue weighted by molar-refractivity contribution is -0.137. The Kier molecular flexibility index (Phi) is 6.26. The van der Waals surface area contributed by atoms with Gasteiger partial charge in [0.15, 0.2) is 0 Å². The van der Waals surface area contributed by atoms with Crippen molar-refractivity contribution in [2.75, 3.05) is 32.7 Å². The molecule has 3 aromatic rings. The van der Waals surface area contributed by atoms with Crippen LogP contribution in [-0.4, -0.2) is 59.2 Å². The third-order valence-corrected chi connectivity index (χ3v) is 6.71. The smallest absolute Gasteiger partial charge is 0.228 e. The molecule has 2 aliphatic rings. The summed E-state index contributed by atoms with van der Waals surface area (Å²) in [6, 6.07) is 24.9. The monoisotopic (exact) mass is 443 g/mol. The Balaban J connectivity index is 1.23. The van der Waals surface area contributed by atoms with Crippen molar-refractivity contribution >= 4 is 11.8 Å². The van der Waals surface area contributed by atoms with Crippen molar-refractivity contribution in [3.8, 4) is 0 Å². The van der Waals surface area contributed by atoms with Gasteiger partial charge in [-0.25, -0.2) is 0 Å². The molecule has 1 aromatic heterocycles. The van der Waals surface area contributed by atoms with Crippen LogP contribution in [0.15, 0.2) is 83.5 Å². The van der Waals surface area contributed by atoms with Crippen LogP contribution in [0.2, 0.25) is 0 Å². The molecule has 2 saturated heterocycles. The molecule has 1 atom stereocenters. The van der Waals surface area contributed by atoms with E-state index in [9.17, 15) is 9.59 Å². The predicted molar refractivity (Wildman–Crippen MR) is 125 cm³/mol. The molecule has 2 aromatic carbocycles. The number of nitrogens with zero attached hydrogens (tertiary/aromatic N) is 3. The van der Waals surface area contributed by atoms with Crippen molar-refractivity contribution in [2.45, 2.75) is 19.0 Å². The Morgan fingerprint density at radius 2 is 1.52 bits per heavy atom. The fraction of sp³-hybridized carbons (Fsp3) is 0.333. The highest BCUT2D eigenvalue weighted by atomic mass is 16.3. The van der Waals surface area contributed by atoms with E-state index in [1.54, 1.807) is 11.2 Å². The SMILES string of the molecule is O=C1CC(C(=O)N2CCN(C(c3ccccc3)c3ccccc3)CC2)CN1Cc1ccco1. The molecule has 3 heterocycles. The molecule has 1 unspecified atom stereocenters. The van der Waals surface area contributed by atoms with Gasteiger partial charge >= 0.3 is 0 Å². The van der Waals surface area contributed by atoms with Gasteiger partial charge in [-0.05, 0) is 23.3 Å². The molecule has 2 amide bonds. The number of likely N-dealkylation sites (tertiary alicyclic amines) is 1. The molecule has 170 valence electrons. The zero-order chi connectivity index (χ0) is 22.6. The van der Waals surface area contributed by atoms with E-state index in [2.05, 4.69) is 53.4 Å². The number of rotatable bonds is 6. The number of furan rings is 1. The molecule has 2 aliphatic heterocycles. The van der Waals surface area contributed by atoms with Crippen molar-refractivity contribution in [1.82, 2.24) is 14.7 Å². The van der Waals surface area contributed by atoms with Crippen LogP contribution in [0.3, 0.4) is 0 Å². The minimum atomic E-state index is -0.266. The largest absolute Gasteiger partial charge is 0.467 e. The molecule has 0 aliphatic carbocycles. The maximum absolute atomic E-state index is 13.2. The van der Waals surface area contributed by atoms with Gasteiger partial charge in [0.05, 0.1) is 24.8 Å². The minimum Gasteiger partial charge on any atom is -0.467 e. The quantitative estimate of drug-likeness (QED) is 0.585. The van der Waals surface area contributed by atoms with Gasteiger partial charge in [-0.1, -0.05) is 60.7 Å². The zero-order valence-corrected chi connectivity index (χ0v) is 18.7. The lowest BCUT2D eigenvalue weighted by Crippen LogP contribution is -2.51. The summed E-state index contributed by atoms with van der Waals surface area (Å²) in [6.07, 6.45) is 1.90. The van der Waals surface area contributed by atoms with E-state index >= 15 is 0 Å². The third kappa shape index (κ3) is 4.71. The molecule has 0 spiro atoms. The second kappa shape index (κ2) is 9.63. The first-order valence-electron chi connectivity index (χ1n) is 11.6. The van der Waals surface area contributed by atoms with Crippen LogP contribution in [0.4, 0.5) is 0 Å². The summed E-state index contributed by atoms with van der Waals surface area (Å²) in [6.45, 7) is 3.86. The predicted octanol–water partition coefficient (Wildman–Crippen LogP) is 3.56. The van der Waals surface area contributed by atoms with E-state index in [1.807, 2.05) is 29.2 Å². The first-order valence-corrected chi connectivity index (χ1v) is 11.6. The van der Waals surface area contributed by atoms with Gasteiger partial charge in [-0.3, -0.25) is 14.5 Å². The van der Waals surface area contributed by atoms with Gasteiger partial charge in [-0.15, -0.1) is 0 Å². The maximum Gasteiger partial charge on any atom is 0.228 e. The summed E-state index contributed by atoms with van der Waals surface area (Å²) in [7, 11) is 0. The topological polar surface area (TPSA) is 57.0 Å². The summed E-state index contributed by atoms with van der Waals surface area (Å²) in [4.78, 5) is 31.8. The molecular weight excluding hydrogens is 414 g/mol. The standard InChI is InChI=1S/C27H29N3O3/c31-25-18-23(19-30(25)20-24-12-7-17-33-24)27(32)29-15-13-28(14-16-29)26(21-8-3-1-4-9-21)22-10-5-2-6-11-22/h1-12,17,23,26H,13-16,18-20H2. The van der Waals surface area contributed by atoms with Gasteiger partial charge in [0.25, 0.3) is 0 Å². The van der Waals surface area contributed by atoms with E-state index in [0.29, 0.717) is 26.2 Å². The highest BCUT2D eigenvalue weighted by molar-refractivity contribution is 5.89. The normalized spacial score (nSPS) is 19.4.